The predicted octanol–water partition coefficient (Wildman–Crippen LogP) is 6.23. The van der Waals surface area contributed by atoms with Crippen LogP contribution in [0.15, 0.2) is 36.5 Å². The Bertz CT molecular complexity index is 1480. The van der Waals surface area contributed by atoms with Crippen molar-refractivity contribution in [1.29, 1.82) is 0 Å². The van der Waals surface area contributed by atoms with Gasteiger partial charge in [-0.1, -0.05) is 6.92 Å². The molecule has 1 amide bonds. The van der Waals surface area contributed by atoms with E-state index in [2.05, 4.69) is 15.4 Å². The van der Waals surface area contributed by atoms with Crippen molar-refractivity contribution in [3.05, 3.63) is 69.6 Å². The Hall–Kier alpha value is -3.73. The van der Waals surface area contributed by atoms with Gasteiger partial charge in [0.15, 0.2) is 5.65 Å². The molecule has 4 aromatic rings. The minimum absolute atomic E-state index is 0.0369. The van der Waals surface area contributed by atoms with Gasteiger partial charge in [-0.05, 0) is 68.0 Å². The van der Waals surface area contributed by atoms with Gasteiger partial charge in [-0.25, -0.2) is 27.5 Å². The van der Waals surface area contributed by atoms with Crippen molar-refractivity contribution in [2.45, 2.75) is 45.5 Å². The van der Waals surface area contributed by atoms with Gasteiger partial charge in [-0.2, -0.15) is 5.10 Å². The number of amides is 1. The zero-order chi connectivity index (χ0) is 26.1. The molecule has 0 radical (unpaired) electrons. The quantitative estimate of drug-likeness (QED) is 0.287. The maximum Gasteiger partial charge on any atom is 0.341 e. The second kappa shape index (κ2) is 10.3. The molecule has 37 heavy (non-hydrogen) atoms. The number of benzene rings is 1. The maximum atomic E-state index is 13.9. The van der Waals surface area contributed by atoms with Crippen LogP contribution in [0.1, 0.15) is 69.5 Å². The van der Waals surface area contributed by atoms with Crippen LogP contribution in [0.25, 0.3) is 16.9 Å². The zero-order valence-corrected chi connectivity index (χ0v) is 20.7. The lowest BCUT2D eigenvalue weighted by Gasteiger charge is -2.12. The molecular weight excluding hydrogens is 505 g/mol. The number of aromatic nitrogens is 3. The van der Waals surface area contributed by atoms with Crippen LogP contribution in [0, 0.1) is 5.82 Å². The van der Waals surface area contributed by atoms with Crippen LogP contribution in [-0.2, 0) is 17.6 Å². The van der Waals surface area contributed by atoms with E-state index < -0.39 is 29.8 Å². The van der Waals surface area contributed by atoms with Crippen LogP contribution in [0.3, 0.4) is 0 Å². The van der Waals surface area contributed by atoms with Crippen LogP contribution in [-0.4, -0.2) is 33.1 Å². The van der Waals surface area contributed by atoms with Crippen LogP contribution in [0.2, 0.25) is 0 Å². The van der Waals surface area contributed by atoms with E-state index >= 15 is 0 Å². The fourth-order valence-corrected chi connectivity index (χ4v) is 5.65. The third kappa shape index (κ3) is 4.83. The van der Waals surface area contributed by atoms with Gasteiger partial charge in [-0.3, -0.25) is 4.79 Å². The number of anilines is 1. The summed E-state index contributed by atoms with van der Waals surface area (Å²) in [4.78, 5) is 31.7. The molecule has 3 aromatic heterocycles. The van der Waals surface area contributed by atoms with Gasteiger partial charge in [0, 0.05) is 10.4 Å². The van der Waals surface area contributed by atoms with E-state index in [0.29, 0.717) is 22.5 Å². The zero-order valence-electron chi connectivity index (χ0n) is 19.9. The molecule has 0 unspecified atom stereocenters. The number of ether oxygens (including phenoxy) is 1. The molecule has 7 nitrogen and oxygen atoms in total. The number of hydrogen-bond acceptors (Lipinski definition) is 6. The van der Waals surface area contributed by atoms with Crippen molar-refractivity contribution in [2.75, 3.05) is 11.9 Å². The van der Waals surface area contributed by atoms with Gasteiger partial charge >= 0.3 is 5.97 Å². The Morgan fingerprint density at radius 3 is 2.68 bits per heavy atom. The molecule has 0 saturated heterocycles. The number of nitrogens with zero attached hydrogens (tertiary/aromatic N) is 3. The van der Waals surface area contributed by atoms with E-state index in [1.807, 2.05) is 6.92 Å². The molecule has 0 bridgehead atoms. The SMILES string of the molecule is CCCOC(=O)c1c(NC(=O)c2cnn3c(C(F)F)cc(-c4ccc(F)cc4)nc23)sc2c1CCCC2. The normalized spacial score (nSPS) is 13.1. The summed E-state index contributed by atoms with van der Waals surface area (Å²) in [6.07, 6.45) is 2.38. The molecule has 5 rings (SSSR count). The van der Waals surface area contributed by atoms with E-state index in [1.54, 1.807) is 0 Å². The Morgan fingerprint density at radius 2 is 1.95 bits per heavy atom. The largest absolute Gasteiger partial charge is 0.462 e. The van der Waals surface area contributed by atoms with Crippen LogP contribution >= 0.6 is 11.3 Å². The van der Waals surface area contributed by atoms with Gasteiger partial charge in [0.1, 0.15) is 22.1 Å². The lowest BCUT2D eigenvalue weighted by atomic mass is 9.95. The molecule has 0 fully saturated rings. The first kappa shape index (κ1) is 24.9. The Labute approximate surface area is 214 Å². The van der Waals surface area contributed by atoms with Crippen molar-refractivity contribution < 1.29 is 27.5 Å². The second-order valence-electron chi connectivity index (χ2n) is 8.67. The summed E-state index contributed by atoms with van der Waals surface area (Å²) in [5.41, 5.74) is 1.23. The summed E-state index contributed by atoms with van der Waals surface area (Å²) < 4.78 is 47.5. The molecule has 11 heteroatoms. The van der Waals surface area contributed by atoms with Crippen LogP contribution in [0.5, 0.6) is 0 Å². The van der Waals surface area contributed by atoms with Gasteiger partial charge in [0.25, 0.3) is 12.3 Å². The summed E-state index contributed by atoms with van der Waals surface area (Å²) in [7, 11) is 0. The smallest absolute Gasteiger partial charge is 0.341 e. The van der Waals surface area contributed by atoms with Crippen molar-refractivity contribution in [2.24, 2.45) is 0 Å². The number of thiophene rings is 1. The van der Waals surface area contributed by atoms with E-state index in [0.717, 1.165) is 46.7 Å². The molecule has 1 N–H and O–H groups in total. The molecule has 0 aliphatic heterocycles. The average Bonchev–Trinajstić information content (AvgIpc) is 3.48. The first-order valence-electron chi connectivity index (χ1n) is 11.9. The van der Waals surface area contributed by atoms with Gasteiger partial charge in [-0.15, -0.1) is 11.3 Å². The molecule has 192 valence electrons. The average molecular weight is 529 g/mol. The van der Waals surface area contributed by atoms with E-state index in [9.17, 15) is 22.8 Å². The molecule has 3 heterocycles. The summed E-state index contributed by atoms with van der Waals surface area (Å²) in [5.74, 6) is -1.61. The molecular formula is C26H23F3N4O3S. The highest BCUT2D eigenvalue weighted by Gasteiger charge is 2.29. The Morgan fingerprint density at radius 1 is 1.19 bits per heavy atom. The number of hydrogen-bond donors (Lipinski definition) is 1. The third-order valence-corrected chi connectivity index (χ3v) is 7.35. The standard InChI is InChI=1S/C26H23F3N4O3S/c1-2-11-36-26(35)21-16-5-3-4-6-20(16)37-25(21)32-24(34)17-13-30-33-19(22(28)29)12-18(31-23(17)33)14-7-9-15(27)10-8-14/h7-10,12-13,22H,2-6,11H2,1H3,(H,32,34). The van der Waals surface area contributed by atoms with Crippen LogP contribution in [0.4, 0.5) is 18.2 Å². The summed E-state index contributed by atoms with van der Waals surface area (Å²) in [5, 5.41) is 7.13. The summed E-state index contributed by atoms with van der Waals surface area (Å²) in [6.45, 7) is 2.16. The molecule has 0 atom stereocenters. The number of carbonyl (C=O) groups excluding carboxylic acids is 2. The molecule has 1 aliphatic rings. The van der Waals surface area contributed by atoms with E-state index in [1.165, 1.54) is 41.8 Å². The van der Waals surface area contributed by atoms with Crippen molar-refractivity contribution in [3.8, 4) is 11.3 Å². The van der Waals surface area contributed by atoms with Gasteiger partial charge < -0.3 is 10.1 Å². The fraction of sp³-hybridized carbons (Fsp3) is 0.308. The number of esters is 1. The van der Waals surface area contributed by atoms with Crippen molar-refractivity contribution in [3.63, 3.8) is 0 Å². The number of rotatable bonds is 7. The number of nitrogens with one attached hydrogen (secondary N) is 1. The Balaban J connectivity index is 1.55. The molecule has 0 spiro atoms. The van der Waals surface area contributed by atoms with Crippen LogP contribution < -0.4 is 5.32 Å². The number of alkyl halides is 2. The fourth-order valence-electron chi connectivity index (χ4n) is 4.38. The number of aryl methyl sites for hydroxylation is 1. The molecule has 1 aliphatic carbocycles. The lowest BCUT2D eigenvalue weighted by molar-refractivity contribution is 0.0505. The number of fused-ring (bicyclic) bond motifs is 2. The van der Waals surface area contributed by atoms with Crippen molar-refractivity contribution >= 4 is 33.9 Å². The summed E-state index contributed by atoms with van der Waals surface area (Å²) in [6, 6.07) is 6.40. The minimum atomic E-state index is -2.90. The molecule has 1 aromatic carbocycles. The topological polar surface area (TPSA) is 85.6 Å². The first-order chi connectivity index (χ1) is 17.9. The first-order valence-corrected chi connectivity index (χ1v) is 12.7. The van der Waals surface area contributed by atoms with Crippen molar-refractivity contribution in [1.82, 2.24) is 14.6 Å². The van der Waals surface area contributed by atoms with Gasteiger partial charge in [0.05, 0.1) is 24.1 Å². The second-order valence-corrected chi connectivity index (χ2v) is 9.78. The number of halogens is 3. The predicted molar refractivity (Wildman–Crippen MR) is 133 cm³/mol. The third-order valence-electron chi connectivity index (χ3n) is 6.15. The highest BCUT2D eigenvalue weighted by atomic mass is 32.1. The number of carbonyl (C=O) groups is 2. The van der Waals surface area contributed by atoms with E-state index in [4.69, 9.17) is 4.74 Å². The van der Waals surface area contributed by atoms with Gasteiger partial charge in [0.2, 0.25) is 0 Å². The summed E-state index contributed by atoms with van der Waals surface area (Å²) >= 11 is 1.33. The highest BCUT2D eigenvalue weighted by molar-refractivity contribution is 7.17. The van der Waals surface area contributed by atoms with E-state index in [-0.39, 0.29) is 23.5 Å². The Kier molecular flexibility index (Phi) is 6.96. The highest BCUT2D eigenvalue weighted by Crippen LogP contribution is 2.39. The minimum Gasteiger partial charge on any atom is -0.462 e. The maximum absolute atomic E-state index is 13.9. The lowest BCUT2D eigenvalue weighted by Crippen LogP contribution is -2.16. The monoisotopic (exact) mass is 528 g/mol. The molecule has 0 saturated carbocycles.